The van der Waals surface area contributed by atoms with Crippen LogP contribution in [0.1, 0.15) is 13.8 Å². The Bertz CT molecular complexity index is 37.1. The highest BCUT2D eigenvalue weighted by atomic mass is 16.5. The van der Waals surface area contributed by atoms with Gasteiger partial charge in [-0.3, -0.25) is 0 Å². The van der Waals surface area contributed by atoms with E-state index >= 15 is 0 Å². The molecule has 1 N–H and O–H groups in total. The molecule has 0 bridgehead atoms. The SMILES string of the molecule is CCOC(C)CO. The molecule has 0 heterocycles. The summed E-state index contributed by atoms with van der Waals surface area (Å²) in [6.07, 6.45) is 0.00463. The Morgan fingerprint density at radius 2 is 2.29 bits per heavy atom. The minimum Gasteiger partial charge on any atom is -0.394 e. The zero-order valence-corrected chi connectivity index (χ0v) is 4.85. The molecule has 0 aromatic rings. The Labute approximate surface area is 44.1 Å². The van der Waals surface area contributed by atoms with Gasteiger partial charge in [0, 0.05) is 6.61 Å². The number of aliphatic hydroxyl groups is 1. The van der Waals surface area contributed by atoms with E-state index < -0.39 is 0 Å². The summed E-state index contributed by atoms with van der Waals surface area (Å²) >= 11 is 0. The maximum absolute atomic E-state index is 8.34. The molecule has 0 aliphatic heterocycles. The van der Waals surface area contributed by atoms with Crippen molar-refractivity contribution in [2.75, 3.05) is 13.2 Å². The zero-order chi connectivity index (χ0) is 5.70. The molecule has 1 unspecified atom stereocenters. The van der Waals surface area contributed by atoms with Crippen molar-refractivity contribution in [3.8, 4) is 0 Å². The Morgan fingerprint density at radius 1 is 1.71 bits per heavy atom. The van der Waals surface area contributed by atoms with Crippen LogP contribution < -0.4 is 0 Å². The molecule has 7 heavy (non-hydrogen) atoms. The van der Waals surface area contributed by atoms with E-state index in [2.05, 4.69) is 0 Å². The summed E-state index contributed by atoms with van der Waals surface area (Å²) in [4.78, 5) is 0. The molecule has 1 atom stereocenters. The van der Waals surface area contributed by atoms with Gasteiger partial charge in [0.15, 0.2) is 0 Å². The zero-order valence-electron chi connectivity index (χ0n) is 4.85. The predicted octanol–water partition coefficient (Wildman–Crippen LogP) is 0.404. The lowest BCUT2D eigenvalue weighted by atomic mass is 10.4. The molecule has 0 radical (unpaired) electrons. The van der Waals surface area contributed by atoms with Gasteiger partial charge < -0.3 is 9.84 Å². The van der Waals surface area contributed by atoms with Gasteiger partial charge in [0.2, 0.25) is 0 Å². The van der Waals surface area contributed by atoms with Gasteiger partial charge >= 0.3 is 0 Å². The summed E-state index contributed by atoms with van der Waals surface area (Å²) in [5.41, 5.74) is 0. The normalized spacial score (nSPS) is 14.1. The fourth-order valence-electron chi connectivity index (χ4n) is 0.337. The third-order valence-corrected chi connectivity index (χ3v) is 0.708. The third kappa shape index (κ3) is 3.76. The predicted molar refractivity (Wildman–Crippen MR) is 28.2 cm³/mol. The molecule has 0 saturated heterocycles. The van der Waals surface area contributed by atoms with E-state index in [0.29, 0.717) is 6.61 Å². The molecule has 0 spiro atoms. The molecule has 2 heteroatoms. The average molecular weight is 104 g/mol. The minimum atomic E-state index is 0.00463. The van der Waals surface area contributed by atoms with E-state index in [1.165, 1.54) is 0 Å². The molecular formula is C5H12O2. The van der Waals surface area contributed by atoms with Crippen LogP contribution in [0.3, 0.4) is 0 Å². The lowest BCUT2D eigenvalue weighted by molar-refractivity contribution is 0.0325. The minimum absolute atomic E-state index is 0.00463. The summed E-state index contributed by atoms with van der Waals surface area (Å²) in [6.45, 7) is 4.55. The quantitative estimate of drug-likeness (QED) is 0.561. The fourth-order valence-corrected chi connectivity index (χ4v) is 0.337. The van der Waals surface area contributed by atoms with Gasteiger partial charge in [0.25, 0.3) is 0 Å². The van der Waals surface area contributed by atoms with Crippen LogP contribution in [0.2, 0.25) is 0 Å². The van der Waals surface area contributed by atoms with Crippen molar-refractivity contribution in [2.45, 2.75) is 20.0 Å². The van der Waals surface area contributed by atoms with E-state index in [9.17, 15) is 0 Å². The first-order valence-corrected chi connectivity index (χ1v) is 2.53. The maximum atomic E-state index is 8.34. The molecule has 44 valence electrons. The second-order valence-electron chi connectivity index (χ2n) is 1.45. The highest BCUT2D eigenvalue weighted by Crippen LogP contribution is 1.84. The molecule has 0 rings (SSSR count). The first-order valence-electron chi connectivity index (χ1n) is 2.53. The van der Waals surface area contributed by atoms with Crippen molar-refractivity contribution >= 4 is 0 Å². The van der Waals surface area contributed by atoms with Crippen LogP contribution in [0.25, 0.3) is 0 Å². The highest BCUT2D eigenvalue weighted by Gasteiger charge is 1.93. The van der Waals surface area contributed by atoms with Crippen molar-refractivity contribution in [1.82, 2.24) is 0 Å². The molecule has 0 saturated carbocycles. The number of ether oxygens (including phenoxy) is 1. The number of hydrogen-bond acceptors (Lipinski definition) is 2. The van der Waals surface area contributed by atoms with E-state index in [-0.39, 0.29) is 12.7 Å². The van der Waals surface area contributed by atoms with Gasteiger partial charge in [0.05, 0.1) is 12.7 Å². The number of aliphatic hydroxyl groups excluding tert-OH is 1. The summed E-state index contributed by atoms with van der Waals surface area (Å²) in [5, 5.41) is 8.34. The molecule has 0 aromatic carbocycles. The second kappa shape index (κ2) is 4.09. The first-order chi connectivity index (χ1) is 3.31. The topological polar surface area (TPSA) is 29.5 Å². The van der Waals surface area contributed by atoms with Crippen molar-refractivity contribution in [3.63, 3.8) is 0 Å². The summed E-state index contributed by atoms with van der Waals surface area (Å²) in [6, 6.07) is 0. The van der Waals surface area contributed by atoms with E-state index in [1.807, 2.05) is 13.8 Å². The third-order valence-electron chi connectivity index (χ3n) is 0.708. The van der Waals surface area contributed by atoms with Crippen LogP contribution in [0.15, 0.2) is 0 Å². The Hall–Kier alpha value is -0.0800. The molecule has 0 fully saturated rings. The number of hydrogen-bond donors (Lipinski definition) is 1. The van der Waals surface area contributed by atoms with Crippen molar-refractivity contribution < 1.29 is 9.84 Å². The molecule has 0 aliphatic carbocycles. The first kappa shape index (κ1) is 6.92. The van der Waals surface area contributed by atoms with Crippen LogP contribution >= 0.6 is 0 Å². The van der Waals surface area contributed by atoms with Crippen LogP contribution in [0.5, 0.6) is 0 Å². The van der Waals surface area contributed by atoms with Gasteiger partial charge in [-0.05, 0) is 13.8 Å². The molecular weight excluding hydrogens is 92.1 g/mol. The molecule has 2 nitrogen and oxygen atoms in total. The van der Waals surface area contributed by atoms with Crippen LogP contribution in [-0.4, -0.2) is 24.4 Å². The van der Waals surface area contributed by atoms with E-state index in [1.54, 1.807) is 0 Å². The van der Waals surface area contributed by atoms with Crippen molar-refractivity contribution in [2.24, 2.45) is 0 Å². The summed E-state index contributed by atoms with van der Waals surface area (Å²) in [5.74, 6) is 0. The standard InChI is InChI=1S/C5H12O2/c1-3-7-5(2)4-6/h5-6H,3-4H2,1-2H3. The second-order valence-corrected chi connectivity index (χ2v) is 1.45. The lowest BCUT2D eigenvalue weighted by Crippen LogP contribution is -2.11. The Kier molecular flexibility index (Phi) is 4.04. The largest absolute Gasteiger partial charge is 0.394 e. The van der Waals surface area contributed by atoms with Gasteiger partial charge in [-0.15, -0.1) is 0 Å². The summed E-state index contributed by atoms with van der Waals surface area (Å²) < 4.78 is 4.94. The van der Waals surface area contributed by atoms with E-state index in [0.717, 1.165) is 0 Å². The van der Waals surface area contributed by atoms with E-state index in [4.69, 9.17) is 9.84 Å². The van der Waals surface area contributed by atoms with Crippen LogP contribution in [0, 0.1) is 0 Å². The number of rotatable bonds is 3. The van der Waals surface area contributed by atoms with Gasteiger partial charge in [-0.25, -0.2) is 0 Å². The molecule has 0 aromatic heterocycles. The Balaban J connectivity index is 2.83. The van der Waals surface area contributed by atoms with Crippen LogP contribution in [-0.2, 0) is 4.74 Å². The van der Waals surface area contributed by atoms with Gasteiger partial charge in [0.1, 0.15) is 0 Å². The molecule has 0 amide bonds. The van der Waals surface area contributed by atoms with Gasteiger partial charge in [-0.1, -0.05) is 0 Å². The highest BCUT2D eigenvalue weighted by molar-refractivity contribution is 4.40. The van der Waals surface area contributed by atoms with Crippen LogP contribution in [0.4, 0.5) is 0 Å². The fraction of sp³-hybridized carbons (Fsp3) is 1.00. The monoisotopic (exact) mass is 104 g/mol. The van der Waals surface area contributed by atoms with Crippen molar-refractivity contribution in [1.29, 1.82) is 0 Å². The van der Waals surface area contributed by atoms with Gasteiger partial charge in [-0.2, -0.15) is 0 Å². The smallest absolute Gasteiger partial charge is 0.0777 e. The lowest BCUT2D eigenvalue weighted by Gasteiger charge is -2.04. The van der Waals surface area contributed by atoms with Crippen molar-refractivity contribution in [3.05, 3.63) is 0 Å². The maximum Gasteiger partial charge on any atom is 0.0777 e. The molecule has 0 aliphatic rings. The average Bonchev–Trinajstić information content (AvgIpc) is 1.68. The Morgan fingerprint density at radius 3 is 2.43 bits per heavy atom. The summed E-state index contributed by atoms with van der Waals surface area (Å²) in [7, 11) is 0.